The molecule has 15 heavy (non-hydrogen) atoms. The van der Waals surface area contributed by atoms with E-state index in [9.17, 15) is 9.18 Å². The van der Waals surface area contributed by atoms with E-state index in [0.717, 1.165) is 11.8 Å². The van der Waals surface area contributed by atoms with Crippen LogP contribution < -0.4 is 5.32 Å². The number of rotatable bonds is 1. The lowest BCUT2D eigenvalue weighted by Crippen LogP contribution is -2.15. The van der Waals surface area contributed by atoms with Gasteiger partial charge in [0.15, 0.2) is 0 Å². The van der Waals surface area contributed by atoms with Crippen molar-refractivity contribution < 1.29 is 9.18 Å². The zero-order chi connectivity index (χ0) is 10.8. The van der Waals surface area contributed by atoms with E-state index in [1.165, 1.54) is 6.07 Å². The first-order valence-corrected chi connectivity index (χ1v) is 5.38. The van der Waals surface area contributed by atoms with Gasteiger partial charge in [-0.1, -0.05) is 30.4 Å². The molecule has 0 unspecified atom stereocenters. The molecule has 0 bridgehead atoms. The predicted molar refractivity (Wildman–Crippen MR) is 63.1 cm³/mol. The molecule has 1 aliphatic heterocycles. The van der Waals surface area contributed by atoms with Crippen molar-refractivity contribution in [1.29, 1.82) is 0 Å². The highest BCUT2D eigenvalue weighted by molar-refractivity contribution is 8.19. The van der Waals surface area contributed by atoms with Gasteiger partial charge in [0.25, 0.3) is 5.24 Å². The summed E-state index contributed by atoms with van der Waals surface area (Å²) >= 11 is 5.90. The van der Waals surface area contributed by atoms with Crippen LogP contribution >= 0.6 is 24.0 Å². The number of benzene rings is 1. The second-order valence-electron chi connectivity index (χ2n) is 2.87. The van der Waals surface area contributed by atoms with Crippen molar-refractivity contribution in [2.45, 2.75) is 0 Å². The average Bonchev–Trinajstić information content (AvgIpc) is 2.49. The molecule has 0 saturated carbocycles. The number of thiocarbonyl (C=S) groups is 1. The average molecular weight is 239 g/mol. The number of carbonyl (C=O) groups is 1. The van der Waals surface area contributed by atoms with Gasteiger partial charge in [0, 0.05) is 5.56 Å². The third-order valence-corrected chi connectivity index (χ3v) is 3.11. The van der Waals surface area contributed by atoms with Gasteiger partial charge < -0.3 is 5.32 Å². The van der Waals surface area contributed by atoms with Gasteiger partial charge in [0.2, 0.25) is 0 Å². The Balaban J connectivity index is 2.35. The van der Waals surface area contributed by atoms with Crippen LogP contribution in [-0.2, 0) is 0 Å². The van der Waals surface area contributed by atoms with E-state index in [2.05, 4.69) is 5.32 Å². The smallest absolute Gasteiger partial charge is 0.289 e. The van der Waals surface area contributed by atoms with Crippen molar-refractivity contribution in [3.05, 3.63) is 40.6 Å². The number of carbonyl (C=O) groups excluding carboxylic acids is 1. The number of thioether (sulfide) groups is 1. The molecule has 0 aliphatic carbocycles. The van der Waals surface area contributed by atoms with Crippen LogP contribution in [0.25, 0.3) is 6.08 Å². The maximum atomic E-state index is 13.3. The molecule has 2 rings (SSSR count). The number of hydrogen-bond donors (Lipinski definition) is 1. The van der Waals surface area contributed by atoms with Gasteiger partial charge in [-0.2, -0.15) is 0 Å². The van der Waals surface area contributed by atoms with Crippen LogP contribution in [0.3, 0.4) is 0 Å². The summed E-state index contributed by atoms with van der Waals surface area (Å²) in [7, 11) is 0. The summed E-state index contributed by atoms with van der Waals surface area (Å²) in [5, 5.41) is 2.25. The molecule has 1 saturated heterocycles. The first kappa shape index (κ1) is 10.3. The Hall–Kier alpha value is -1.20. The fourth-order valence-corrected chi connectivity index (χ4v) is 2.18. The molecule has 1 N–H and O–H groups in total. The van der Waals surface area contributed by atoms with Gasteiger partial charge in [0.05, 0.1) is 4.91 Å². The van der Waals surface area contributed by atoms with Crippen LogP contribution in [0.4, 0.5) is 9.18 Å². The number of amides is 1. The zero-order valence-corrected chi connectivity index (χ0v) is 9.12. The summed E-state index contributed by atoms with van der Waals surface area (Å²) in [5.74, 6) is -0.326. The van der Waals surface area contributed by atoms with E-state index >= 15 is 0 Å². The Morgan fingerprint density at radius 3 is 2.73 bits per heavy atom. The summed E-state index contributed by atoms with van der Waals surface area (Å²) < 4.78 is 13.3. The van der Waals surface area contributed by atoms with Crippen molar-refractivity contribution in [3.8, 4) is 0 Å². The van der Waals surface area contributed by atoms with Gasteiger partial charge in [-0.3, -0.25) is 4.79 Å². The highest BCUT2D eigenvalue weighted by Gasteiger charge is 2.21. The summed E-state index contributed by atoms with van der Waals surface area (Å²) in [6.07, 6.45) is 1.57. The van der Waals surface area contributed by atoms with Crippen LogP contribution in [0, 0.1) is 5.82 Å². The third kappa shape index (κ3) is 2.24. The van der Waals surface area contributed by atoms with Gasteiger partial charge in [0.1, 0.15) is 10.8 Å². The van der Waals surface area contributed by atoms with Crippen LogP contribution in [0.1, 0.15) is 5.56 Å². The SMILES string of the molecule is O=C1NC(=S)/C(=C\c2ccccc2F)S1. The first-order chi connectivity index (χ1) is 7.16. The fraction of sp³-hybridized carbons (Fsp3) is 0. The van der Waals surface area contributed by atoms with E-state index in [-0.39, 0.29) is 11.1 Å². The topological polar surface area (TPSA) is 29.1 Å². The molecule has 1 amide bonds. The second-order valence-corrected chi connectivity index (χ2v) is 4.30. The van der Waals surface area contributed by atoms with Crippen LogP contribution in [-0.4, -0.2) is 10.2 Å². The lowest BCUT2D eigenvalue weighted by Gasteiger charge is -1.97. The molecule has 1 fully saturated rings. The molecule has 0 atom stereocenters. The van der Waals surface area contributed by atoms with E-state index in [1.807, 2.05) is 0 Å². The van der Waals surface area contributed by atoms with Crippen LogP contribution in [0.5, 0.6) is 0 Å². The second kappa shape index (κ2) is 4.12. The molecule has 5 heteroatoms. The molecule has 2 nitrogen and oxygen atoms in total. The highest BCUT2D eigenvalue weighted by atomic mass is 32.2. The molecule has 1 aromatic rings. The van der Waals surface area contributed by atoms with Crippen molar-refractivity contribution in [2.24, 2.45) is 0 Å². The summed E-state index contributed by atoms with van der Waals surface area (Å²) in [4.78, 5) is 11.9. The molecule has 76 valence electrons. The molecule has 0 spiro atoms. The minimum Gasteiger partial charge on any atom is -0.307 e. The quantitative estimate of drug-likeness (QED) is 0.603. The summed E-state index contributed by atoms with van der Waals surface area (Å²) in [6.45, 7) is 0. The Kier molecular flexibility index (Phi) is 2.83. The molecular weight excluding hydrogens is 233 g/mol. The molecule has 0 aromatic heterocycles. The van der Waals surface area contributed by atoms with Crippen LogP contribution in [0.15, 0.2) is 29.2 Å². The maximum absolute atomic E-state index is 13.3. The monoisotopic (exact) mass is 239 g/mol. The van der Waals surface area contributed by atoms with E-state index in [4.69, 9.17) is 12.2 Å². The molecule has 0 radical (unpaired) electrons. The predicted octanol–water partition coefficient (Wildman–Crippen LogP) is 2.95. The number of nitrogens with one attached hydrogen (secondary N) is 1. The van der Waals surface area contributed by atoms with Crippen molar-refractivity contribution in [1.82, 2.24) is 5.32 Å². The normalized spacial score (nSPS) is 18.3. The van der Waals surface area contributed by atoms with E-state index < -0.39 is 0 Å². The van der Waals surface area contributed by atoms with Gasteiger partial charge in [-0.05, 0) is 23.9 Å². The van der Waals surface area contributed by atoms with Gasteiger partial charge in [-0.15, -0.1) is 0 Å². The Morgan fingerprint density at radius 1 is 1.40 bits per heavy atom. The first-order valence-electron chi connectivity index (χ1n) is 4.16. The van der Waals surface area contributed by atoms with Gasteiger partial charge in [-0.25, -0.2) is 4.39 Å². The largest absolute Gasteiger partial charge is 0.307 e. The highest BCUT2D eigenvalue weighted by Crippen LogP contribution is 2.27. The minimum atomic E-state index is -0.326. The Bertz CT molecular complexity index is 470. The number of halogens is 1. The lowest BCUT2D eigenvalue weighted by atomic mass is 10.2. The lowest BCUT2D eigenvalue weighted by molar-refractivity contribution is 0.265. The van der Waals surface area contributed by atoms with Crippen molar-refractivity contribution in [2.75, 3.05) is 0 Å². The third-order valence-electron chi connectivity index (χ3n) is 1.83. The number of hydrogen-bond acceptors (Lipinski definition) is 3. The zero-order valence-electron chi connectivity index (χ0n) is 7.49. The van der Waals surface area contributed by atoms with E-state index in [0.29, 0.717) is 15.5 Å². The maximum Gasteiger partial charge on any atom is 0.289 e. The molecule has 1 heterocycles. The summed E-state index contributed by atoms with van der Waals surface area (Å²) in [6, 6.07) is 6.34. The van der Waals surface area contributed by atoms with Crippen LogP contribution in [0.2, 0.25) is 0 Å². The van der Waals surface area contributed by atoms with Gasteiger partial charge >= 0.3 is 0 Å². The molecule has 1 aromatic carbocycles. The minimum absolute atomic E-state index is 0.220. The van der Waals surface area contributed by atoms with Crippen molar-refractivity contribution in [3.63, 3.8) is 0 Å². The summed E-state index contributed by atoms with van der Waals surface area (Å²) in [5.41, 5.74) is 0.429. The Labute approximate surface area is 95.6 Å². The van der Waals surface area contributed by atoms with Crippen molar-refractivity contribution >= 4 is 40.3 Å². The molecular formula is C10H6FNOS2. The Morgan fingerprint density at radius 2 is 2.13 bits per heavy atom. The molecule has 1 aliphatic rings. The fourth-order valence-electron chi connectivity index (χ4n) is 1.15. The van der Waals surface area contributed by atoms with E-state index in [1.54, 1.807) is 24.3 Å². The standard InChI is InChI=1S/C10H6FNOS2/c11-7-4-2-1-3-6(7)5-8-9(14)12-10(13)15-8/h1-5H,(H,12,13,14)/b8-5+.